The van der Waals surface area contributed by atoms with Crippen molar-refractivity contribution < 1.29 is 44.8 Å². The van der Waals surface area contributed by atoms with E-state index in [2.05, 4.69) is 27.7 Å². The number of fused-ring (bicyclic) bond motifs is 3. The molecule has 60 heavy (non-hydrogen) atoms. The lowest BCUT2D eigenvalue weighted by atomic mass is 9.81. The number of unbranched alkanes of at least 4 members (excludes halogenated alkanes) is 2. The van der Waals surface area contributed by atoms with Crippen LogP contribution in [0.2, 0.25) is 0 Å². The predicted molar refractivity (Wildman–Crippen MR) is 232 cm³/mol. The molecule has 2 amide bonds. The van der Waals surface area contributed by atoms with E-state index >= 15 is 0 Å². The van der Waals surface area contributed by atoms with Gasteiger partial charge in [0.1, 0.15) is 7.05 Å². The van der Waals surface area contributed by atoms with E-state index in [1.807, 2.05) is 69.7 Å². The molecular formula is C45H59N4O9S2+. The highest BCUT2D eigenvalue weighted by atomic mass is 32.2. The standard InChI is InChI=1S/C45H58N4O9S2/c1-44(2)36-28-31(59(52,53)54)21-23-38(36)48(5)40(44)18-12-8-13-19-41-45(3,4)37-29-32(60(55,56)57)22-24-39(37)49(41)27-15-9-14-20-42(50)46-25-26-47-43(51)58-30-35-33-16-10-6-7-11-17-34(33)35/h6-8,12-13,18-19,21-24,28-29,33-35H,9-11,14-17,20,25-27,30H2,1-5H3,(H3-,46,47,50,51,52,53,54,55,56,57)/p+1/b7-6-/t33-,34?,35?/m0/s1. The highest BCUT2D eigenvalue weighted by Crippen LogP contribution is 2.53. The van der Waals surface area contributed by atoms with Gasteiger partial charge in [-0.2, -0.15) is 21.4 Å². The Balaban J connectivity index is 1.01. The second-order valence-corrected chi connectivity index (χ2v) is 20.1. The number of hydrogen-bond acceptors (Lipinski definition) is 8. The molecule has 2 aliphatic carbocycles. The van der Waals surface area contributed by atoms with Crippen LogP contribution in [0.25, 0.3) is 0 Å². The molecule has 324 valence electrons. The number of nitrogens with one attached hydrogen (secondary N) is 2. The van der Waals surface area contributed by atoms with Crippen LogP contribution in [0.5, 0.6) is 0 Å². The summed E-state index contributed by atoms with van der Waals surface area (Å²) in [5.74, 6) is 1.69. The first-order valence-corrected chi connectivity index (χ1v) is 23.7. The molecule has 4 N–H and O–H groups in total. The van der Waals surface area contributed by atoms with Crippen molar-refractivity contribution in [1.82, 2.24) is 10.6 Å². The average Bonchev–Trinajstić information content (AvgIpc) is 3.71. The minimum atomic E-state index is -4.42. The number of allylic oxidation sites excluding steroid dienone is 8. The van der Waals surface area contributed by atoms with Crippen LogP contribution in [0.4, 0.5) is 16.2 Å². The number of nitrogens with zero attached hydrogens (tertiary/aromatic N) is 2. The minimum absolute atomic E-state index is 0.0887. The third-order valence-electron chi connectivity index (χ3n) is 12.6. The monoisotopic (exact) mass is 863 g/mol. The molecule has 2 aliphatic heterocycles. The number of anilines is 1. The van der Waals surface area contributed by atoms with Gasteiger partial charge < -0.3 is 20.3 Å². The Morgan fingerprint density at radius 2 is 1.47 bits per heavy atom. The van der Waals surface area contributed by atoms with E-state index in [1.165, 1.54) is 24.3 Å². The number of hydrogen-bond donors (Lipinski definition) is 4. The fourth-order valence-electron chi connectivity index (χ4n) is 9.24. The zero-order chi connectivity index (χ0) is 43.5. The van der Waals surface area contributed by atoms with Crippen LogP contribution in [0.1, 0.15) is 90.2 Å². The van der Waals surface area contributed by atoms with Gasteiger partial charge in [-0.15, -0.1) is 0 Å². The number of ether oxygens (including phenoxy) is 1. The molecule has 3 atom stereocenters. The molecule has 0 radical (unpaired) electrons. The molecule has 1 fully saturated rings. The molecule has 2 aromatic carbocycles. The van der Waals surface area contributed by atoms with Gasteiger partial charge in [0, 0.05) is 60.6 Å². The van der Waals surface area contributed by atoms with Crippen molar-refractivity contribution in [3.63, 3.8) is 0 Å². The molecule has 15 heteroatoms. The zero-order valence-electron chi connectivity index (χ0n) is 35.2. The lowest BCUT2D eigenvalue weighted by molar-refractivity contribution is -0.401. The fraction of sp³-hybridized carbons (Fsp3) is 0.489. The Bertz CT molecular complexity index is 2350. The summed E-state index contributed by atoms with van der Waals surface area (Å²) in [5.41, 5.74) is 3.98. The number of carbonyl (C=O) groups is 2. The van der Waals surface area contributed by atoms with Crippen LogP contribution >= 0.6 is 0 Å². The lowest BCUT2D eigenvalue weighted by Gasteiger charge is -2.27. The Kier molecular flexibility index (Phi) is 13.6. The topological polar surface area (TPSA) is 182 Å². The second-order valence-electron chi connectivity index (χ2n) is 17.3. The Hall–Kier alpha value is -4.57. The summed E-state index contributed by atoms with van der Waals surface area (Å²) in [7, 11) is -6.86. The van der Waals surface area contributed by atoms with Gasteiger partial charge >= 0.3 is 6.09 Å². The third-order valence-corrected chi connectivity index (χ3v) is 14.3. The quantitative estimate of drug-likeness (QED) is 0.0437. The molecule has 0 bridgehead atoms. The predicted octanol–water partition coefficient (Wildman–Crippen LogP) is 7.38. The summed E-state index contributed by atoms with van der Waals surface area (Å²) in [5, 5.41) is 5.60. The van der Waals surface area contributed by atoms with Crippen LogP contribution < -0.4 is 15.5 Å². The molecule has 0 saturated heterocycles. The van der Waals surface area contributed by atoms with Gasteiger partial charge in [0.2, 0.25) is 11.6 Å². The number of benzene rings is 2. The van der Waals surface area contributed by atoms with Crippen molar-refractivity contribution in [2.45, 2.75) is 99.7 Å². The summed E-state index contributed by atoms with van der Waals surface area (Å²) >= 11 is 0. The van der Waals surface area contributed by atoms with Crippen molar-refractivity contribution in [1.29, 1.82) is 0 Å². The van der Waals surface area contributed by atoms with Gasteiger partial charge in [-0.25, -0.2) is 4.79 Å². The van der Waals surface area contributed by atoms with Gasteiger partial charge in [0.25, 0.3) is 20.2 Å². The van der Waals surface area contributed by atoms with E-state index in [-0.39, 0.29) is 22.2 Å². The number of alkyl carbamates (subject to hydrolysis) is 1. The first-order chi connectivity index (χ1) is 28.3. The molecule has 2 unspecified atom stereocenters. The van der Waals surface area contributed by atoms with E-state index in [0.717, 1.165) is 72.4 Å². The van der Waals surface area contributed by atoms with Crippen molar-refractivity contribution in [2.24, 2.45) is 17.8 Å². The van der Waals surface area contributed by atoms with E-state index < -0.39 is 37.2 Å². The van der Waals surface area contributed by atoms with Gasteiger partial charge in [-0.1, -0.05) is 50.6 Å². The Morgan fingerprint density at radius 1 is 0.833 bits per heavy atom. The first-order valence-electron chi connectivity index (χ1n) is 20.8. The van der Waals surface area contributed by atoms with E-state index in [4.69, 9.17) is 4.74 Å². The largest absolute Gasteiger partial charge is 0.449 e. The summed E-state index contributed by atoms with van der Waals surface area (Å²) in [6.45, 7) is 9.68. The van der Waals surface area contributed by atoms with Crippen LogP contribution in [0.3, 0.4) is 0 Å². The van der Waals surface area contributed by atoms with Crippen molar-refractivity contribution in [3.05, 3.63) is 95.8 Å². The van der Waals surface area contributed by atoms with Crippen LogP contribution in [0, 0.1) is 17.8 Å². The SMILES string of the molecule is C[N+]1=C(C=CC=CC=C2N(CCCCCC(=O)NCCNC(=O)OCC3C4CC/C=C\CC[C@@H]43)c3ccc(S(=O)(=O)O)cc3C2(C)C)C(C)(C)c2cc(S(=O)(=O)O)ccc21. The van der Waals surface area contributed by atoms with Gasteiger partial charge in [-0.3, -0.25) is 13.9 Å². The molecule has 1 saturated carbocycles. The summed E-state index contributed by atoms with van der Waals surface area (Å²) in [6.07, 6.45) is 20.8. The third kappa shape index (κ3) is 10.1. The molecule has 13 nitrogen and oxygen atoms in total. The average molecular weight is 864 g/mol. The molecule has 0 spiro atoms. The number of carbonyl (C=O) groups excluding carboxylic acids is 2. The van der Waals surface area contributed by atoms with E-state index in [1.54, 1.807) is 12.1 Å². The van der Waals surface area contributed by atoms with Crippen LogP contribution in [-0.2, 0) is 40.6 Å². The maximum Gasteiger partial charge on any atom is 0.407 e. The number of rotatable bonds is 16. The van der Waals surface area contributed by atoms with Crippen LogP contribution in [-0.4, -0.2) is 81.5 Å². The van der Waals surface area contributed by atoms with Gasteiger partial charge in [0.15, 0.2) is 5.71 Å². The normalized spacial score (nSPS) is 22.9. The van der Waals surface area contributed by atoms with E-state index in [9.17, 15) is 35.5 Å². The Morgan fingerprint density at radius 3 is 2.13 bits per heavy atom. The van der Waals surface area contributed by atoms with Gasteiger partial charge in [0.05, 0.1) is 21.8 Å². The summed E-state index contributed by atoms with van der Waals surface area (Å²) < 4.78 is 74.7. The molecule has 2 heterocycles. The molecule has 4 aliphatic rings. The Labute approximate surface area is 354 Å². The molecule has 2 aromatic rings. The smallest absolute Gasteiger partial charge is 0.407 e. The fourth-order valence-corrected chi connectivity index (χ4v) is 10.3. The zero-order valence-corrected chi connectivity index (χ0v) is 36.8. The van der Waals surface area contributed by atoms with Crippen molar-refractivity contribution >= 4 is 49.3 Å². The summed E-state index contributed by atoms with van der Waals surface area (Å²) in [6, 6.07) is 9.26. The molecule has 0 aromatic heterocycles. The lowest BCUT2D eigenvalue weighted by Crippen LogP contribution is -2.35. The first kappa shape index (κ1) is 45.0. The minimum Gasteiger partial charge on any atom is -0.449 e. The highest BCUT2D eigenvalue weighted by Gasteiger charge is 2.49. The summed E-state index contributed by atoms with van der Waals surface area (Å²) in [4.78, 5) is 26.6. The maximum atomic E-state index is 12.6. The highest BCUT2D eigenvalue weighted by molar-refractivity contribution is 7.86. The molecular weight excluding hydrogens is 805 g/mol. The van der Waals surface area contributed by atoms with E-state index in [0.29, 0.717) is 50.3 Å². The van der Waals surface area contributed by atoms with Gasteiger partial charge in [-0.05, 0) is 112 Å². The van der Waals surface area contributed by atoms with Crippen molar-refractivity contribution in [3.8, 4) is 0 Å². The maximum absolute atomic E-state index is 12.6. The number of amides is 2. The van der Waals surface area contributed by atoms with Crippen molar-refractivity contribution in [2.75, 3.05) is 38.2 Å². The van der Waals surface area contributed by atoms with Crippen LogP contribution in [0.15, 0.2) is 94.4 Å². The second kappa shape index (κ2) is 18.2. The molecule has 6 rings (SSSR count).